The van der Waals surface area contributed by atoms with Crippen LogP contribution in [0, 0.1) is 0 Å². The summed E-state index contributed by atoms with van der Waals surface area (Å²) < 4.78 is 5.21. The molecule has 126 valence electrons. The summed E-state index contributed by atoms with van der Waals surface area (Å²) in [5.41, 5.74) is 0. The third-order valence-electron chi connectivity index (χ3n) is 4.77. The summed E-state index contributed by atoms with van der Waals surface area (Å²) in [6.45, 7) is 1.01. The molecule has 2 fully saturated rings. The molecule has 1 aliphatic carbocycles. The number of nitrogens with zero attached hydrogens (tertiary/aromatic N) is 1. The average Bonchev–Trinajstić information content (AvgIpc) is 3.25. The fourth-order valence-corrected chi connectivity index (χ4v) is 3.49. The monoisotopic (exact) mass is 319 g/mol. The van der Waals surface area contributed by atoms with Crippen LogP contribution in [-0.4, -0.2) is 35.5 Å². The molecule has 1 aromatic rings. The van der Waals surface area contributed by atoms with Gasteiger partial charge in [-0.25, -0.2) is 4.79 Å². The first-order valence-corrected chi connectivity index (χ1v) is 8.61. The van der Waals surface area contributed by atoms with Gasteiger partial charge in [-0.05, 0) is 37.8 Å². The molecule has 0 radical (unpaired) electrons. The van der Waals surface area contributed by atoms with E-state index in [4.69, 9.17) is 4.42 Å². The topological polar surface area (TPSA) is 74.6 Å². The zero-order valence-corrected chi connectivity index (χ0v) is 13.4. The third-order valence-corrected chi connectivity index (χ3v) is 4.77. The fraction of sp³-hybridized carbons (Fsp3) is 0.647. The lowest BCUT2D eigenvalue weighted by Gasteiger charge is -2.29. The lowest BCUT2D eigenvalue weighted by atomic mass is 9.96. The average molecular weight is 319 g/mol. The van der Waals surface area contributed by atoms with Gasteiger partial charge in [-0.2, -0.15) is 0 Å². The number of likely N-dealkylation sites (tertiary alicyclic amines) is 1. The van der Waals surface area contributed by atoms with Gasteiger partial charge in [-0.15, -0.1) is 0 Å². The number of hydrogen-bond donors (Lipinski definition) is 2. The van der Waals surface area contributed by atoms with Crippen LogP contribution in [0.3, 0.4) is 0 Å². The Hall–Kier alpha value is -1.98. The first-order valence-electron chi connectivity index (χ1n) is 8.61. The van der Waals surface area contributed by atoms with Gasteiger partial charge in [-0.3, -0.25) is 4.79 Å². The van der Waals surface area contributed by atoms with Crippen LogP contribution in [0.4, 0.5) is 4.79 Å². The second kappa shape index (κ2) is 7.53. The van der Waals surface area contributed by atoms with Crippen LogP contribution in [0.15, 0.2) is 22.8 Å². The van der Waals surface area contributed by atoms with Crippen molar-refractivity contribution in [2.45, 2.75) is 63.6 Å². The van der Waals surface area contributed by atoms with Gasteiger partial charge in [0.2, 0.25) is 5.91 Å². The molecule has 1 saturated carbocycles. The SMILES string of the molecule is O=C(NCc1ccco1)C1CCCN1C(=O)NC1CCCCC1. The van der Waals surface area contributed by atoms with Crippen LogP contribution in [0.1, 0.15) is 50.7 Å². The van der Waals surface area contributed by atoms with Gasteiger partial charge in [0, 0.05) is 12.6 Å². The van der Waals surface area contributed by atoms with E-state index in [1.807, 2.05) is 6.07 Å². The summed E-state index contributed by atoms with van der Waals surface area (Å²) >= 11 is 0. The summed E-state index contributed by atoms with van der Waals surface area (Å²) in [4.78, 5) is 26.5. The number of furan rings is 1. The largest absolute Gasteiger partial charge is 0.467 e. The number of nitrogens with one attached hydrogen (secondary N) is 2. The Morgan fingerprint density at radius 1 is 1.17 bits per heavy atom. The normalized spacial score (nSPS) is 22.1. The maximum Gasteiger partial charge on any atom is 0.318 e. The van der Waals surface area contributed by atoms with E-state index in [1.165, 1.54) is 19.3 Å². The number of carbonyl (C=O) groups excluding carboxylic acids is 2. The predicted octanol–water partition coefficient (Wildman–Crippen LogP) is 2.40. The molecule has 6 nitrogen and oxygen atoms in total. The molecule has 3 amide bonds. The number of carbonyl (C=O) groups is 2. The van der Waals surface area contributed by atoms with Gasteiger partial charge in [0.15, 0.2) is 0 Å². The van der Waals surface area contributed by atoms with Crippen molar-refractivity contribution in [3.63, 3.8) is 0 Å². The maximum absolute atomic E-state index is 12.5. The highest BCUT2D eigenvalue weighted by atomic mass is 16.3. The molecule has 6 heteroatoms. The Kier molecular flexibility index (Phi) is 5.20. The van der Waals surface area contributed by atoms with Gasteiger partial charge >= 0.3 is 6.03 Å². The van der Waals surface area contributed by atoms with E-state index >= 15 is 0 Å². The maximum atomic E-state index is 12.5. The summed E-state index contributed by atoms with van der Waals surface area (Å²) in [5.74, 6) is 0.618. The first-order chi connectivity index (χ1) is 11.2. The van der Waals surface area contributed by atoms with Crippen molar-refractivity contribution in [3.8, 4) is 0 Å². The predicted molar refractivity (Wildman–Crippen MR) is 85.7 cm³/mol. The van der Waals surface area contributed by atoms with E-state index in [0.29, 0.717) is 13.1 Å². The fourth-order valence-electron chi connectivity index (χ4n) is 3.49. The van der Waals surface area contributed by atoms with E-state index in [2.05, 4.69) is 10.6 Å². The molecular formula is C17H25N3O3. The van der Waals surface area contributed by atoms with Crippen molar-refractivity contribution in [2.75, 3.05) is 6.54 Å². The van der Waals surface area contributed by atoms with Crippen molar-refractivity contribution in [1.29, 1.82) is 0 Å². The highest BCUT2D eigenvalue weighted by Crippen LogP contribution is 2.21. The molecule has 2 aliphatic rings. The Balaban J connectivity index is 1.51. The summed E-state index contributed by atoms with van der Waals surface area (Å²) in [6, 6.07) is 3.42. The molecule has 3 rings (SSSR count). The minimum Gasteiger partial charge on any atom is -0.467 e. The van der Waals surface area contributed by atoms with Crippen molar-refractivity contribution in [1.82, 2.24) is 15.5 Å². The van der Waals surface area contributed by atoms with Crippen molar-refractivity contribution in [3.05, 3.63) is 24.2 Å². The number of urea groups is 1. The summed E-state index contributed by atoms with van der Waals surface area (Å²) in [5, 5.41) is 5.96. The molecule has 2 heterocycles. The molecule has 1 unspecified atom stereocenters. The standard InChI is InChI=1S/C17H25N3O3/c21-16(18-12-14-8-5-11-23-14)15-9-4-10-20(15)17(22)19-13-6-2-1-3-7-13/h5,8,11,13,15H,1-4,6-7,9-10,12H2,(H,18,21)(H,19,22). The lowest BCUT2D eigenvalue weighted by Crippen LogP contribution is -2.51. The van der Waals surface area contributed by atoms with Crippen molar-refractivity contribution < 1.29 is 14.0 Å². The molecule has 1 saturated heterocycles. The van der Waals surface area contributed by atoms with Crippen LogP contribution in [0.25, 0.3) is 0 Å². The van der Waals surface area contributed by atoms with E-state index < -0.39 is 0 Å². The van der Waals surface area contributed by atoms with E-state index in [-0.39, 0.29) is 24.0 Å². The molecule has 0 spiro atoms. The van der Waals surface area contributed by atoms with Gasteiger partial charge in [0.05, 0.1) is 12.8 Å². The van der Waals surface area contributed by atoms with Crippen LogP contribution >= 0.6 is 0 Å². The molecular weight excluding hydrogens is 294 g/mol. The molecule has 1 atom stereocenters. The highest BCUT2D eigenvalue weighted by Gasteiger charge is 2.34. The summed E-state index contributed by atoms with van der Waals surface area (Å²) in [6.07, 6.45) is 8.90. The Morgan fingerprint density at radius 3 is 2.74 bits per heavy atom. The quantitative estimate of drug-likeness (QED) is 0.895. The highest BCUT2D eigenvalue weighted by molar-refractivity contribution is 5.87. The van der Waals surface area contributed by atoms with Crippen LogP contribution < -0.4 is 10.6 Å². The third kappa shape index (κ3) is 4.06. The zero-order chi connectivity index (χ0) is 16.1. The van der Waals surface area contributed by atoms with E-state index in [1.54, 1.807) is 17.2 Å². The molecule has 1 aromatic heterocycles. The van der Waals surface area contributed by atoms with Gasteiger partial charge in [-0.1, -0.05) is 19.3 Å². The van der Waals surface area contributed by atoms with Crippen LogP contribution in [-0.2, 0) is 11.3 Å². The lowest BCUT2D eigenvalue weighted by molar-refractivity contribution is -0.125. The second-order valence-electron chi connectivity index (χ2n) is 6.43. The number of amides is 3. The smallest absolute Gasteiger partial charge is 0.318 e. The second-order valence-corrected chi connectivity index (χ2v) is 6.43. The van der Waals surface area contributed by atoms with E-state index in [0.717, 1.165) is 31.4 Å². The summed E-state index contributed by atoms with van der Waals surface area (Å²) in [7, 11) is 0. The minimum atomic E-state index is -0.367. The van der Waals surface area contributed by atoms with Crippen molar-refractivity contribution in [2.24, 2.45) is 0 Å². The van der Waals surface area contributed by atoms with Crippen LogP contribution in [0.5, 0.6) is 0 Å². The molecule has 0 aromatic carbocycles. The Labute approximate surface area is 136 Å². The number of hydrogen-bond acceptors (Lipinski definition) is 3. The first kappa shape index (κ1) is 15.9. The van der Waals surface area contributed by atoms with Crippen LogP contribution in [0.2, 0.25) is 0 Å². The minimum absolute atomic E-state index is 0.0902. The molecule has 0 bridgehead atoms. The van der Waals surface area contributed by atoms with Gasteiger partial charge in [0.1, 0.15) is 11.8 Å². The molecule has 1 aliphatic heterocycles. The Morgan fingerprint density at radius 2 is 2.00 bits per heavy atom. The zero-order valence-electron chi connectivity index (χ0n) is 13.4. The molecule has 23 heavy (non-hydrogen) atoms. The van der Waals surface area contributed by atoms with E-state index in [9.17, 15) is 9.59 Å². The van der Waals surface area contributed by atoms with Gasteiger partial charge < -0.3 is 20.0 Å². The molecule has 2 N–H and O–H groups in total. The number of rotatable bonds is 4. The Bertz CT molecular complexity index is 523. The van der Waals surface area contributed by atoms with Crippen molar-refractivity contribution >= 4 is 11.9 Å². The van der Waals surface area contributed by atoms with Gasteiger partial charge in [0.25, 0.3) is 0 Å².